The second kappa shape index (κ2) is 5.48. The Bertz CT molecular complexity index is 453. The van der Waals surface area contributed by atoms with Gasteiger partial charge in [0.15, 0.2) is 5.78 Å². The Hall–Kier alpha value is -1.12. The van der Waals surface area contributed by atoms with Crippen molar-refractivity contribution >= 4 is 23.5 Å². The third-order valence-electron chi connectivity index (χ3n) is 3.04. The van der Waals surface area contributed by atoms with Crippen molar-refractivity contribution in [3.8, 4) is 0 Å². The molecule has 1 heterocycles. The zero-order chi connectivity index (χ0) is 12.3. The van der Waals surface area contributed by atoms with Crippen LogP contribution in [0.2, 0.25) is 5.02 Å². The van der Waals surface area contributed by atoms with Crippen molar-refractivity contribution in [2.75, 3.05) is 19.6 Å². The van der Waals surface area contributed by atoms with Gasteiger partial charge in [0.25, 0.3) is 0 Å². The first kappa shape index (κ1) is 12.3. The minimum atomic E-state index is 0.259. The standard InChI is InChI=1S/C14H16ClNO/c1-2-16-7-6-14(17)12(10-16)8-11-4-3-5-13(15)9-11/h3-5,8-9H,2,6-7,10H2,1H3/b12-8+. The van der Waals surface area contributed by atoms with Crippen LogP contribution in [-0.2, 0) is 4.79 Å². The van der Waals surface area contributed by atoms with Crippen LogP contribution >= 0.6 is 11.6 Å². The van der Waals surface area contributed by atoms with Gasteiger partial charge in [0, 0.05) is 30.1 Å². The number of ketones is 1. The number of hydrogen-bond donors (Lipinski definition) is 0. The van der Waals surface area contributed by atoms with Gasteiger partial charge in [-0.2, -0.15) is 0 Å². The Labute approximate surface area is 107 Å². The number of likely N-dealkylation sites (tertiary alicyclic amines) is 1. The summed E-state index contributed by atoms with van der Waals surface area (Å²) < 4.78 is 0. The van der Waals surface area contributed by atoms with Gasteiger partial charge in [-0.15, -0.1) is 0 Å². The van der Waals surface area contributed by atoms with E-state index in [1.165, 1.54) is 0 Å². The highest BCUT2D eigenvalue weighted by Crippen LogP contribution is 2.18. The molecule has 1 aliphatic heterocycles. The maximum absolute atomic E-state index is 11.8. The first-order chi connectivity index (χ1) is 8.19. The molecule has 1 aromatic carbocycles. The molecule has 1 aliphatic rings. The molecular formula is C14H16ClNO. The van der Waals surface area contributed by atoms with Gasteiger partial charge in [-0.05, 0) is 30.3 Å². The lowest BCUT2D eigenvalue weighted by Crippen LogP contribution is -2.35. The molecule has 3 heteroatoms. The van der Waals surface area contributed by atoms with E-state index in [1.54, 1.807) is 0 Å². The first-order valence-electron chi connectivity index (χ1n) is 5.90. The Balaban J connectivity index is 2.22. The van der Waals surface area contributed by atoms with Crippen molar-refractivity contribution < 1.29 is 4.79 Å². The molecule has 0 saturated carbocycles. The molecule has 1 aromatic rings. The van der Waals surface area contributed by atoms with Gasteiger partial charge >= 0.3 is 0 Å². The average molecular weight is 250 g/mol. The third-order valence-corrected chi connectivity index (χ3v) is 3.28. The van der Waals surface area contributed by atoms with Crippen molar-refractivity contribution in [1.29, 1.82) is 0 Å². The molecule has 0 radical (unpaired) electrons. The normalized spacial score (nSPS) is 19.9. The lowest BCUT2D eigenvalue weighted by atomic mass is 10.0. The van der Waals surface area contributed by atoms with E-state index in [1.807, 2.05) is 30.3 Å². The number of Topliss-reactive ketones (excluding diaryl/α,β-unsaturated/α-hetero) is 1. The van der Waals surface area contributed by atoms with Crippen molar-refractivity contribution in [1.82, 2.24) is 4.90 Å². The first-order valence-corrected chi connectivity index (χ1v) is 6.28. The van der Waals surface area contributed by atoms with E-state index in [-0.39, 0.29) is 5.78 Å². The van der Waals surface area contributed by atoms with Crippen LogP contribution < -0.4 is 0 Å². The number of piperidine rings is 1. The number of rotatable bonds is 2. The Morgan fingerprint density at radius 1 is 1.47 bits per heavy atom. The predicted octanol–water partition coefficient (Wildman–Crippen LogP) is 3.02. The highest BCUT2D eigenvalue weighted by atomic mass is 35.5. The monoisotopic (exact) mass is 249 g/mol. The number of carbonyl (C=O) groups is 1. The summed E-state index contributed by atoms with van der Waals surface area (Å²) in [7, 11) is 0. The van der Waals surface area contributed by atoms with E-state index >= 15 is 0 Å². The molecule has 0 spiro atoms. The molecule has 17 heavy (non-hydrogen) atoms. The van der Waals surface area contributed by atoms with Crippen LogP contribution in [0.4, 0.5) is 0 Å². The van der Waals surface area contributed by atoms with E-state index in [4.69, 9.17) is 11.6 Å². The predicted molar refractivity (Wildman–Crippen MR) is 71.2 cm³/mol. The summed E-state index contributed by atoms with van der Waals surface area (Å²) in [6, 6.07) is 7.59. The number of benzene rings is 1. The summed E-state index contributed by atoms with van der Waals surface area (Å²) in [6.07, 6.45) is 2.58. The average Bonchev–Trinajstić information content (AvgIpc) is 2.32. The van der Waals surface area contributed by atoms with Gasteiger partial charge in [-0.1, -0.05) is 30.7 Å². The van der Waals surface area contributed by atoms with Crippen molar-refractivity contribution in [2.45, 2.75) is 13.3 Å². The zero-order valence-corrected chi connectivity index (χ0v) is 10.7. The maximum atomic E-state index is 11.8. The molecule has 0 aromatic heterocycles. The minimum absolute atomic E-state index is 0.259. The molecule has 90 valence electrons. The molecule has 0 aliphatic carbocycles. The number of nitrogens with zero attached hydrogens (tertiary/aromatic N) is 1. The summed E-state index contributed by atoms with van der Waals surface area (Å²) in [5.74, 6) is 0.259. The second-order valence-electron chi connectivity index (χ2n) is 4.27. The fourth-order valence-corrected chi connectivity index (χ4v) is 2.22. The van der Waals surface area contributed by atoms with Crippen molar-refractivity contribution in [3.05, 3.63) is 40.4 Å². The lowest BCUT2D eigenvalue weighted by Gasteiger charge is -2.26. The van der Waals surface area contributed by atoms with E-state index in [2.05, 4.69) is 11.8 Å². The fraction of sp³-hybridized carbons (Fsp3) is 0.357. The SMILES string of the molecule is CCN1CCC(=O)/C(=C/c2cccc(Cl)c2)C1. The van der Waals surface area contributed by atoms with Crippen LogP contribution in [0.5, 0.6) is 0 Å². The smallest absolute Gasteiger partial charge is 0.161 e. The summed E-state index contributed by atoms with van der Waals surface area (Å²) in [4.78, 5) is 14.1. The Morgan fingerprint density at radius 2 is 2.29 bits per heavy atom. The van der Waals surface area contributed by atoms with E-state index in [0.29, 0.717) is 11.4 Å². The zero-order valence-electron chi connectivity index (χ0n) is 9.95. The number of carbonyl (C=O) groups excluding carboxylic acids is 1. The van der Waals surface area contributed by atoms with E-state index in [9.17, 15) is 4.79 Å². The molecule has 1 saturated heterocycles. The maximum Gasteiger partial charge on any atom is 0.161 e. The van der Waals surface area contributed by atoms with Crippen molar-refractivity contribution in [3.63, 3.8) is 0 Å². The summed E-state index contributed by atoms with van der Waals surface area (Å²) >= 11 is 5.93. The molecule has 2 nitrogen and oxygen atoms in total. The minimum Gasteiger partial charge on any atom is -0.299 e. The molecule has 0 unspecified atom stereocenters. The topological polar surface area (TPSA) is 20.3 Å². The molecule has 1 fully saturated rings. The van der Waals surface area contributed by atoms with Crippen LogP contribution in [0.15, 0.2) is 29.8 Å². The van der Waals surface area contributed by atoms with Crippen LogP contribution in [0.1, 0.15) is 18.9 Å². The largest absolute Gasteiger partial charge is 0.299 e. The summed E-state index contributed by atoms with van der Waals surface area (Å²) in [6.45, 7) is 4.73. The van der Waals surface area contributed by atoms with Gasteiger partial charge in [-0.25, -0.2) is 0 Å². The lowest BCUT2D eigenvalue weighted by molar-refractivity contribution is -0.117. The van der Waals surface area contributed by atoms with E-state index in [0.717, 1.165) is 30.8 Å². The molecular weight excluding hydrogens is 234 g/mol. The molecule has 0 N–H and O–H groups in total. The molecule has 2 rings (SSSR count). The van der Waals surface area contributed by atoms with Gasteiger partial charge in [0.1, 0.15) is 0 Å². The number of hydrogen-bond acceptors (Lipinski definition) is 2. The van der Waals surface area contributed by atoms with Crippen LogP contribution in [0.3, 0.4) is 0 Å². The Morgan fingerprint density at radius 3 is 3.00 bits per heavy atom. The molecule has 0 atom stereocenters. The van der Waals surface area contributed by atoms with Gasteiger partial charge < -0.3 is 0 Å². The van der Waals surface area contributed by atoms with E-state index < -0.39 is 0 Å². The Kier molecular flexibility index (Phi) is 3.97. The quantitative estimate of drug-likeness (QED) is 0.751. The van der Waals surface area contributed by atoms with Crippen molar-refractivity contribution in [2.24, 2.45) is 0 Å². The molecule has 0 amide bonds. The number of likely N-dealkylation sites (N-methyl/N-ethyl adjacent to an activating group) is 1. The fourth-order valence-electron chi connectivity index (χ4n) is 2.02. The summed E-state index contributed by atoms with van der Waals surface area (Å²) in [5.41, 5.74) is 1.89. The van der Waals surface area contributed by atoms with Crippen LogP contribution in [0, 0.1) is 0 Å². The second-order valence-corrected chi connectivity index (χ2v) is 4.70. The van der Waals surface area contributed by atoms with Gasteiger partial charge in [0.2, 0.25) is 0 Å². The third kappa shape index (κ3) is 3.18. The highest BCUT2D eigenvalue weighted by molar-refractivity contribution is 6.30. The number of halogens is 1. The van der Waals surface area contributed by atoms with Crippen LogP contribution in [0.25, 0.3) is 6.08 Å². The van der Waals surface area contributed by atoms with Gasteiger partial charge in [-0.3, -0.25) is 9.69 Å². The van der Waals surface area contributed by atoms with Gasteiger partial charge in [0.05, 0.1) is 0 Å². The highest BCUT2D eigenvalue weighted by Gasteiger charge is 2.19. The summed E-state index contributed by atoms with van der Waals surface area (Å²) in [5, 5.41) is 0.704. The van der Waals surface area contributed by atoms with Crippen LogP contribution in [-0.4, -0.2) is 30.3 Å². The molecule has 0 bridgehead atoms.